The number of carboxylic acids is 1. The Morgan fingerprint density at radius 3 is 2.30 bits per heavy atom. The number of carboxylic acid groups (broad SMARTS) is 1. The third kappa shape index (κ3) is 3.37. The summed E-state index contributed by atoms with van der Waals surface area (Å²) in [5.74, 6) is -0.734. The van der Waals surface area contributed by atoms with E-state index in [-0.39, 0.29) is 12.3 Å². The van der Waals surface area contributed by atoms with Crippen LogP contribution in [-0.4, -0.2) is 36.9 Å². The number of rotatable bonds is 4. The van der Waals surface area contributed by atoms with Crippen molar-refractivity contribution in [3.8, 4) is 0 Å². The molecule has 0 amide bonds. The number of hydrogen-bond donors (Lipinski definition) is 1. The molecule has 1 aromatic rings. The lowest BCUT2D eigenvalue weighted by molar-refractivity contribution is -0.138. The molecule has 1 heterocycles. The number of carbonyl (C=O) groups is 1. The largest absolute Gasteiger partial charge is 0.481 e. The van der Waals surface area contributed by atoms with Crippen LogP contribution in [0.3, 0.4) is 0 Å². The Labute approximate surface area is 119 Å². The smallest absolute Gasteiger partial charge is 0.303 e. The van der Waals surface area contributed by atoms with Crippen molar-refractivity contribution in [2.75, 3.05) is 13.1 Å². The summed E-state index contributed by atoms with van der Waals surface area (Å²) in [6.07, 6.45) is 1.34. The molecule has 0 spiro atoms. The summed E-state index contributed by atoms with van der Waals surface area (Å²) in [5.41, 5.74) is 1.02. The van der Waals surface area contributed by atoms with Crippen molar-refractivity contribution in [1.29, 1.82) is 0 Å². The van der Waals surface area contributed by atoms with E-state index >= 15 is 0 Å². The Morgan fingerprint density at radius 2 is 1.80 bits per heavy atom. The maximum absolute atomic E-state index is 12.4. The molecule has 20 heavy (non-hydrogen) atoms. The molecule has 1 fully saturated rings. The third-order valence-corrected chi connectivity index (χ3v) is 5.61. The highest BCUT2D eigenvalue weighted by molar-refractivity contribution is 7.89. The van der Waals surface area contributed by atoms with Crippen LogP contribution in [0.25, 0.3) is 0 Å². The summed E-state index contributed by atoms with van der Waals surface area (Å²) in [4.78, 5) is 11.0. The van der Waals surface area contributed by atoms with Crippen molar-refractivity contribution in [1.82, 2.24) is 4.31 Å². The zero-order chi connectivity index (χ0) is 14.8. The van der Waals surface area contributed by atoms with Crippen molar-refractivity contribution in [3.63, 3.8) is 0 Å². The van der Waals surface area contributed by atoms with Gasteiger partial charge in [-0.1, -0.05) is 17.7 Å². The minimum Gasteiger partial charge on any atom is -0.481 e. The van der Waals surface area contributed by atoms with Crippen LogP contribution in [0, 0.1) is 12.8 Å². The van der Waals surface area contributed by atoms with E-state index in [0.29, 0.717) is 30.8 Å². The van der Waals surface area contributed by atoms with Gasteiger partial charge in [-0.15, -0.1) is 0 Å². The third-order valence-electron chi connectivity index (χ3n) is 3.70. The van der Waals surface area contributed by atoms with E-state index in [0.717, 1.165) is 5.56 Å². The van der Waals surface area contributed by atoms with E-state index in [9.17, 15) is 13.2 Å². The molecule has 1 aromatic carbocycles. The van der Waals surface area contributed by atoms with Crippen LogP contribution in [0.5, 0.6) is 0 Å². The van der Waals surface area contributed by atoms with Gasteiger partial charge in [-0.3, -0.25) is 4.79 Å². The Hall–Kier alpha value is -1.40. The van der Waals surface area contributed by atoms with Gasteiger partial charge in [0.15, 0.2) is 0 Å². The van der Waals surface area contributed by atoms with Crippen LogP contribution in [0.1, 0.15) is 24.8 Å². The second kappa shape index (κ2) is 5.93. The number of benzene rings is 1. The van der Waals surface area contributed by atoms with Gasteiger partial charge in [0.25, 0.3) is 0 Å². The predicted molar refractivity (Wildman–Crippen MR) is 74.9 cm³/mol. The Balaban J connectivity index is 2.05. The summed E-state index contributed by atoms with van der Waals surface area (Å²) < 4.78 is 26.3. The van der Waals surface area contributed by atoms with Crippen LogP contribution < -0.4 is 0 Å². The predicted octanol–water partition coefficient (Wildman–Crippen LogP) is 1.87. The van der Waals surface area contributed by atoms with Gasteiger partial charge in [0.2, 0.25) is 10.0 Å². The number of nitrogens with zero attached hydrogens (tertiary/aromatic N) is 1. The normalized spacial score (nSPS) is 18.1. The lowest BCUT2D eigenvalue weighted by Crippen LogP contribution is -2.38. The molecule has 0 aromatic heterocycles. The number of aryl methyl sites for hydroxylation is 1. The quantitative estimate of drug-likeness (QED) is 0.920. The molecule has 0 radical (unpaired) electrons. The van der Waals surface area contributed by atoms with Gasteiger partial charge in [0.05, 0.1) is 4.90 Å². The van der Waals surface area contributed by atoms with Crippen LogP contribution >= 0.6 is 0 Å². The first-order chi connectivity index (χ1) is 9.39. The van der Waals surface area contributed by atoms with Gasteiger partial charge in [0, 0.05) is 19.5 Å². The Kier molecular flexibility index (Phi) is 4.45. The SMILES string of the molecule is Cc1ccc(S(=O)(=O)N2CCC(CC(=O)O)CC2)cc1. The lowest BCUT2D eigenvalue weighted by atomic mass is 9.95. The van der Waals surface area contributed by atoms with E-state index < -0.39 is 16.0 Å². The number of piperidine rings is 1. The first-order valence-corrected chi connectivity index (χ1v) is 8.12. The molecule has 1 N–H and O–H groups in total. The van der Waals surface area contributed by atoms with E-state index in [4.69, 9.17) is 5.11 Å². The number of sulfonamides is 1. The summed E-state index contributed by atoms with van der Waals surface area (Å²) >= 11 is 0. The average molecular weight is 297 g/mol. The monoisotopic (exact) mass is 297 g/mol. The van der Waals surface area contributed by atoms with E-state index in [1.807, 2.05) is 6.92 Å². The fraction of sp³-hybridized carbons (Fsp3) is 0.500. The zero-order valence-electron chi connectivity index (χ0n) is 11.4. The second-order valence-corrected chi connectivity index (χ2v) is 7.20. The molecule has 1 saturated heterocycles. The topological polar surface area (TPSA) is 74.7 Å². The standard InChI is InChI=1S/C14H19NO4S/c1-11-2-4-13(5-3-11)20(18,19)15-8-6-12(7-9-15)10-14(16)17/h2-5,12H,6-10H2,1H3,(H,16,17). The van der Waals surface area contributed by atoms with Crippen molar-refractivity contribution in [3.05, 3.63) is 29.8 Å². The molecule has 6 heteroatoms. The average Bonchev–Trinajstić information content (AvgIpc) is 2.39. The zero-order valence-corrected chi connectivity index (χ0v) is 12.3. The maximum atomic E-state index is 12.4. The molecular weight excluding hydrogens is 278 g/mol. The first-order valence-electron chi connectivity index (χ1n) is 6.68. The highest BCUT2D eigenvalue weighted by Gasteiger charge is 2.29. The molecule has 0 bridgehead atoms. The van der Waals surface area contributed by atoms with E-state index in [1.165, 1.54) is 4.31 Å². The van der Waals surface area contributed by atoms with Crippen LogP contribution in [0.2, 0.25) is 0 Å². The van der Waals surface area contributed by atoms with Crippen molar-refractivity contribution >= 4 is 16.0 Å². The molecule has 0 aliphatic carbocycles. The molecule has 1 aliphatic rings. The minimum atomic E-state index is -3.44. The summed E-state index contributed by atoms with van der Waals surface area (Å²) in [6, 6.07) is 6.80. The molecule has 110 valence electrons. The summed E-state index contributed by atoms with van der Waals surface area (Å²) in [7, 11) is -3.44. The molecular formula is C14H19NO4S. The highest BCUT2D eigenvalue weighted by atomic mass is 32.2. The molecule has 0 unspecified atom stereocenters. The second-order valence-electron chi connectivity index (χ2n) is 5.26. The van der Waals surface area contributed by atoms with Gasteiger partial charge >= 0.3 is 5.97 Å². The Morgan fingerprint density at radius 1 is 1.25 bits per heavy atom. The molecule has 5 nitrogen and oxygen atoms in total. The van der Waals surface area contributed by atoms with Crippen molar-refractivity contribution in [2.45, 2.75) is 31.1 Å². The first kappa shape index (κ1) is 15.0. The highest BCUT2D eigenvalue weighted by Crippen LogP contribution is 2.25. The van der Waals surface area contributed by atoms with E-state index in [1.54, 1.807) is 24.3 Å². The summed E-state index contributed by atoms with van der Waals surface area (Å²) in [6.45, 7) is 2.70. The maximum Gasteiger partial charge on any atom is 0.303 e. The van der Waals surface area contributed by atoms with Gasteiger partial charge in [-0.2, -0.15) is 4.31 Å². The van der Waals surface area contributed by atoms with Gasteiger partial charge in [-0.25, -0.2) is 8.42 Å². The Bertz CT molecular complexity index is 572. The van der Waals surface area contributed by atoms with Crippen molar-refractivity contribution < 1.29 is 18.3 Å². The van der Waals surface area contributed by atoms with Crippen LogP contribution in [0.15, 0.2) is 29.2 Å². The lowest BCUT2D eigenvalue weighted by Gasteiger charge is -2.30. The van der Waals surface area contributed by atoms with E-state index in [2.05, 4.69) is 0 Å². The van der Waals surface area contributed by atoms with Crippen LogP contribution in [0.4, 0.5) is 0 Å². The summed E-state index contributed by atoms with van der Waals surface area (Å²) in [5, 5.41) is 8.76. The van der Waals surface area contributed by atoms with Crippen LogP contribution in [-0.2, 0) is 14.8 Å². The van der Waals surface area contributed by atoms with Gasteiger partial charge in [0.1, 0.15) is 0 Å². The minimum absolute atomic E-state index is 0.0805. The fourth-order valence-corrected chi connectivity index (χ4v) is 3.93. The molecule has 0 atom stereocenters. The fourth-order valence-electron chi connectivity index (χ4n) is 2.46. The number of aliphatic carboxylic acids is 1. The molecule has 0 saturated carbocycles. The molecule has 2 rings (SSSR count). The molecule has 1 aliphatic heterocycles. The number of hydrogen-bond acceptors (Lipinski definition) is 3. The van der Waals surface area contributed by atoms with Gasteiger partial charge < -0.3 is 5.11 Å². The van der Waals surface area contributed by atoms with Gasteiger partial charge in [-0.05, 0) is 37.8 Å². The van der Waals surface area contributed by atoms with Crippen molar-refractivity contribution in [2.24, 2.45) is 5.92 Å².